The van der Waals surface area contributed by atoms with Crippen molar-refractivity contribution < 1.29 is 5.11 Å². The second-order valence-electron chi connectivity index (χ2n) is 5.50. The van der Waals surface area contributed by atoms with E-state index in [9.17, 15) is 5.11 Å². The standard InChI is InChI=1S/C16H25NO/c1-2-3-13-4-8-15(9-5-13)17-12-14-6-10-16(18)11-7-14/h4-5,8-9,14,16-18H,2-3,6-7,10-12H2,1H3. The summed E-state index contributed by atoms with van der Waals surface area (Å²) in [6, 6.07) is 8.80. The molecule has 0 amide bonds. The first kappa shape index (κ1) is 13.4. The molecule has 1 aromatic rings. The van der Waals surface area contributed by atoms with Crippen LogP contribution in [-0.4, -0.2) is 17.8 Å². The van der Waals surface area contributed by atoms with E-state index in [1.807, 2.05) is 0 Å². The molecule has 1 fully saturated rings. The normalized spacial score (nSPS) is 23.9. The van der Waals surface area contributed by atoms with E-state index in [1.54, 1.807) is 0 Å². The first-order valence-electron chi connectivity index (χ1n) is 7.29. The fourth-order valence-corrected chi connectivity index (χ4v) is 2.69. The molecule has 0 heterocycles. The van der Waals surface area contributed by atoms with E-state index in [4.69, 9.17) is 0 Å². The van der Waals surface area contributed by atoms with Crippen LogP contribution in [0.1, 0.15) is 44.6 Å². The molecule has 0 atom stereocenters. The van der Waals surface area contributed by atoms with Crippen LogP contribution in [0.15, 0.2) is 24.3 Å². The Hall–Kier alpha value is -1.02. The van der Waals surface area contributed by atoms with Gasteiger partial charge in [-0.05, 0) is 55.7 Å². The van der Waals surface area contributed by atoms with Crippen molar-refractivity contribution in [2.24, 2.45) is 5.92 Å². The van der Waals surface area contributed by atoms with Crippen LogP contribution in [0.2, 0.25) is 0 Å². The molecule has 0 spiro atoms. The van der Waals surface area contributed by atoms with Gasteiger partial charge in [0.05, 0.1) is 6.10 Å². The highest BCUT2D eigenvalue weighted by Gasteiger charge is 2.18. The second-order valence-corrected chi connectivity index (χ2v) is 5.50. The van der Waals surface area contributed by atoms with Crippen LogP contribution in [-0.2, 0) is 6.42 Å². The smallest absolute Gasteiger partial charge is 0.0540 e. The number of nitrogens with one attached hydrogen (secondary N) is 1. The van der Waals surface area contributed by atoms with Gasteiger partial charge in [-0.25, -0.2) is 0 Å². The van der Waals surface area contributed by atoms with E-state index in [2.05, 4.69) is 36.5 Å². The number of benzene rings is 1. The van der Waals surface area contributed by atoms with Crippen LogP contribution in [0.25, 0.3) is 0 Å². The summed E-state index contributed by atoms with van der Waals surface area (Å²) in [6.45, 7) is 3.25. The maximum absolute atomic E-state index is 9.47. The zero-order valence-corrected chi connectivity index (χ0v) is 11.4. The van der Waals surface area contributed by atoms with Gasteiger partial charge in [-0.3, -0.25) is 0 Å². The monoisotopic (exact) mass is 247 g/mol. The summed E-state index contributed by atoms with van der Waals surface area (Å²) in [4.78, 5) is 0. The Labute approximate surface area is 110 Å². The summed E-state index contributed by atoms with van der Waals surface area (Å²) in [5, 5.41) is 13.0. The minimum absolute atomic E-state index is 0.0467. The maximum Gasteiger partial charge on any atom is 0.0540 e. The molecule has 2 heteroatoms. The van der Waals surface area contributed by atoms with Crippen LogP contribution in [0.4, 0.5) is 5.69 Å². The van der Waals surface area contributed by atoms with Gasteiger partial charge in [0.15, 0.2) is 0 Å². The summed E-state index contributed by atoms with van der Waals surface area (Å²) < 4.78 is 0. The molecule has 0 aromatic heterocycles. The van der Waals surface area contributed by atoms with Crippen molar-refractivity contribution in [3.05, 3.63) is 29.8 Å². The summed E-state index contributed by atoms with van der Waals surface area (Å²) in [5.74, 6) is 0.726. The lowest BCUT2D eigenvalue weighted by molar-refractivity contribution is 0.111. The van der Waals surface area contributed by atoms with Gasteiger partial charge in [-0.2, -0.15) is 0 Å². The third-order valence-electron chi connectivity index (χ3n) is 3.90. The molecule has 2 rings (SSSR count). The van der Waals surface area contributed by atoms with Gasteiger partial charge in [0, 0.05) is 12.2 Å². The maximum atomic E-state index is 9.47. The summed E-state index contributed by atoms with van der Waals surface area (Å²) in [6.07, 6.45) is 6.58. The van der Waals surface area contributed by atoms with Gasteiger partial charge in [0.1, 0.15) is 0 Å². The molecule has 1 saturated carbocycles. The second kappa shape index (κ2) is 6.79. The van der Waals surface area contributed by atoms with Crippen molar-refractivity contribution in [3.8, 4) is 0 Å². The van der Waals surface area contributed by atoms with E-state index in [-0.39, 0.29) is 6.10 Å². The predicted molar refractivity (Wildman–Crippen MR) is 76.9 cm³/mol. The van der Waals surface area contributed by atoms with Gasteiger partial charge < -0.3 is 10.4 Å². The Bertz CT molecular complexity index is 339. The Morgan fingerprint density at radius 2 is 1.78 bits per heavy atom. The molecule has 2 nitrogen and oxygen atoms in total. The number of hydrogen-bond acceptors (Lipinski definition) is 2. The van der Waals surface area contributed by atoms with Crippen molar-refractivity contribution in [2.45, 2.75) is 51.6 Å². The molecule has 0 unspecified atom stereocenters. The molecule has 100 valence electrons. The lowest BCUT2D eigenvalue weighted by Crippen LogP contribution is -2.23. The fourth-order valence-electron chi connectivity index (χ4n) is 2.69. The number of rotatable bonds is 5. The molecule has 0 bridgehead atoms. The van der Waals surface area contributed by atoms with Gasteiger partial charge in [-0.15, -0.1) is 0 Å². The number of anilines is 1. The van der Waals surface area contributed by atoms with Gasteiger partial charge >= 0.3 is 0 Å². The Kier molecular flexibility index (Phi) is 5.06. The number of aliphatic hydroxyl groups is 1. The molecule has 0 radical (unpaired) electrons. The van der Waals surface area contributed by atoms with E-state index >= 15 is 0 Å². The van der Waals surface area contributed by atoms with E-state index in [0.717, 1.165) is 38.1 Å². The quantitative estimate of drug-likeness (QED) is 0.833. The summed E-state index contributed by atoms with van der Waals surface area (Å²) in [7, 11) is 0. The minimum atomic E-state index is -0.0467. The summed E-state index contributed by atoms with van der Waals surface area (Å²) in [5.41, 5.74) is 2.64. The average molecular weight is 247 g/mol. The van der Waals surface area contributed by atoms with E-state index < -0.39 is 0 Å². The van der Waals surface area contributed by atoms with Gasteiger partial charge in [0.25, 0.3) is 0 Å². The zero-order valence-electron chi connectivity index (χ0n) is 11.4. The largest absolute Gasteiger partial charge is 0.393 e. The van der Waals surface area contributed by atoms with Crippen molar-refractivity contribution in [3.63, 3.8) is 0 Å². The van der Waals surface area contributed by atoms with Crippen LogP contribution in [0.5, 0.6) is 0 Å². The topological polar surface area (TPSA) is 32.3 Å². The van der Waals surface area contributed by atoms with Crippen LogP contribution in [0.3, 0.4) is 0 Å². The van der Waals surface area contributed by atoms with Gasteiger partial charge in [0.2, 0.25) is 0 Å². The molecule has 18 heavy (non-hydrogen) atoms. The van der Waals surface area contributed by atoms with Crippen molar-refractivity contribution >= 4 is 5.69 Å². The predicted octanol–water partition coefficient (Wildman–Crippen LogP) is 3.60. The molecule has 0 aliphatic heterocycles. The number of hydrogen-bond donors (Lipinski definition) is 2. The highest BCUT2D eigenvalue weighted by molar-refractivity contribution is 5.44. The van der Waals surface area contributed by atoms with Crippen LogP contribution in [0, 0.1) is 5.92 Å². The zero-order chi connectivity index (χ0) is 12.8. The van der Waals surface area contributed by atoms with E-state index in [0.29, 0.717) is 0 Å². The molecule has 1 aliphatic rings. The molecule has 0 saturated heterocycles. The fraction of sp³-hybridized carbons (Fsp3) is 0.625. The van der Waals surface area contributed by atoms with Crippen LogP contribution >= 0.6 is 0 Å². The molecule has 1 aromatic carbocycles. The highest BCUT2D eigenvalue weighted by atomic mass is 16.3. The summed E-state index contributed by atoms with van der Waals surface area (Å²) >= 11 is 0. The third kappa shape index (κ3) is 4.02. The Morgan fingerprint density at radius 1 is 1.11 bits per heavy atom. The number of aryl methyl sites for hydroxylation is 1. The molecule has 1 aliphatic carbocycles. The Balaban J connectivity index is 1.76. The minimum Gasteiger partial charge on any atom is -0.393 e. The van der Waals surface area contributed by atoms with Crippen LogP contribution < -0.4 is 5.32 Å². The third-order valence-corrected chi connectivity index (χ3v) is 3.90. The lowest BCUT2D eigenvalue weighted by Gasteiger charge is -2.25. The lowest BCUT2D eigenvalue weighted by atomic mass is 9.87. The first-order valence-corrected chi connectivity index (χ1v) is 7.29. The Morgan fingerprint density at radius 3 is 2.39 bits per heavy atom. The van der Waals surface area contributed by atoms with Gasteiger partial charge in [-0.1, -0.05) is 25.5 Å². The first-order chi connectivity index (χ1) is 8.78. The number of aliphatic hydroxyl groups excluding tert-OH is 1. The van der Waals surface area contributed by atoms with Crippen molar-refractivity contribution in [1.82, 2.24) is 0 Å². The molecular formula is C16H25NO. The SMILES string of the molecule is CCCc1ccc(NCC2CCC(O)CC2)cc1. The average Bonchev–Trinajstić information content (AvgIpc) is 2.40. The molecule has 2 N–H and O–H groups in total. The highest BCUT2D eigenvalue weighted by Crippen LogP contribution is 2.24. The van der Waals surface area contributed by atoms with Crippen molar-refractivity contribution in [2.75, 3.05) is 11.9 Å². The van der Waals surface area contributed by atoms with Crippen molar-refractivity contribution in [1.29, 1.82) is 0 Å². The molecular weight excluding hydrogens is 222 g/mol. The van der Waals surface area contributed by atoms with E-state index in [1.165, 1.54) is 24.1 Å².